The normalized spacial score (nSPS) is 44.3. The molecule has 3 aliphatic heterocycles. The molecular weight excluding hydrogens is 1100 g/mol. The second-order valence-electron chi connectivity index (χ2n) is 25.5. The summed E-state index contributed by atoms with van der Waals surface area (Å²) in [5, 5.41) is 124. The average Bonchev–Trinajstić information content (AvgIpc) is 0.838. The van der Waals surface area contributed by atoms with Crippen molar-refractivity contribution in [2.75, 3.05) is 35.3 Å². The Hall–Kier alpha value is -4.55. The van der Waals surface area contributed by atoms with E-state index in [1.165, 1.54) is 72.0 Å². The van der Waals surface area contributed by atoms with Gasteiger partial charge < -0.3 is 95.2 Å². The monoisotopic (exact) mass is 1190 g/mol. The number of hydrogen-bond acceptors (Lipinski definition) is 24. The molecule has 0 bridgehead atoms. The number of carbonyl (C=O) groups excluding carboxylic acids is 5. The van der Waals surface area contributed by atoms with Crippen LogP contribution in [-0.4, -0.2) is 233 Å². The van der Waals surface area contributed by atoms with Crippen molar-refractivity contribution in [1.82, 2.24) is 9.80 Å². The van der Waals surface area contributed by atoms with Crippen molar-refractivity contribution in [1.29, 1.82) is 0 Å². The maximum Gasteiger partial charge on any atom is 0.311 e. The molecule has 6 aliphatic rings. The van der Waals surface area contributed by atoms with Crippen LogP contribution in [0.3, 0.4) is 0 Å². The summed E-state index contributed by atoms with van der Waals surface area (Å²) in [6.07, 6.45) is -11.6. The van der Waals surface area contributed by atoms with Gasteiger partial charge in [-0.15, -0.1) is 0 Å². The van der Waals surface area contributed by atoms with E-state index in [0.717, 1.165) is 0 Å². The van der Waals surface area contributed by atoms with Crippen molar-refractivity contribution in [2.24, 2.45) is 41.2 Å². The highest BCUT2D eigenvalue weighted by atomic mass is 16.7. The fourth-order valence-corrected chi connectivity index (χ4v) is 14.0. The van der Waals surface area contributed by atoms with Crippen molar-refractivity contribution in [3.05, 3.63) is 46.2 Å². The Labute approximate surface area is 489 Å². The average molecular weight is 1190 g/mol. The minimum Gasteiger partial charge on any atom is -0.508 e. The second kappa shape index (κ2) is 24.9. The molecule has 1 aromatic carbocycles. The van der Waals surface area contributed by atoms with Gasteiger partial charge in [-0.2, -0.15) is 0 Å². The first kappa shape index (κ1) is 68.6. The first-order chi connectivity index (χ1) is 38.6. The number of Topliss-reactive ketones (excluding diaryl/α,β-unsaturated/α-hetero) is 3. The van der Waals surface area contributed by atoms with Crippen LogP contribution < -0.4 is 5.73 Å². The lowest BCUT2D eigenvalue weighted by Crippen LogP contribution is -2.71. The fraction of sp³-hybridized carbons (Fsp3) is 0.746. The predicted octanol–water partition coefficient (Wildman–Crippen LogP) is 0.385. The van der Waals surface area contributed by atoms with E-state index in [1.807, 2.05) is 25.9 Å². The Bertz CT molecular complexity index is 2710. The third-order valence-electron chi connectivity index (χ3n) is 18.9. The number of ether oxygens (including phenoxy) is 6. The van der Waals surface area contributed by atoms with Crippen LogP contribution in [0, 0.1) is 35.5 Å². The summed E-state index contributed by atoms with van der Waals surface area (Å²) >= 11 is 0. The first-order valence-corrected chi connectivity index (χ1v) is 28.6. The summed E-state index contributed by atoms with van der Waals surface area (Å²) in [6, 6.07) is 2.18. The topological polar surface area (TPSA) is 396 Å². The van der Waals surface area contributed by atoms with E-state index in [1.54, 1.807) is 41.5 Å². The molecule has 1 aromatic rings. The van der Waals surface area contributed by atoms with Crippen LogP contribution in [0.25, 0.3) is 5.76 Å². The van der Waals surface area contributed by atoms with Crippen molar-refractivity contribution in [2.45, 2.75) is 209 Å². The number of aliphatic hydroxyl groups is 10. The van der Waals surface area contributed by atoms with Crippen LogP contribution in [0.15, 0.2) is 35.1 Å². The van der Waals surface area contributed by atoms with Gasteiger partial charge in [0, 0.05) is 37.3 Å². The van der Waals surface area contributed by atoms with Gasteiger partial charge in [-0.1, -0.05) is 39.8 Å². The summed E-state index contributed by atoms with van der Waals surface area (Å²) in [4.78, 5) is 69.7. The molecule has 0 unspecified atom stereocenters. The molecule has 3 aliphatic carbocycles. The molecule has 1 saturated carbocycles. The number of benzene rings is 1. The Kier molecular flexibility index (Phi) is 20.3. The van der Waals surface area contributed by atoms with Gasteiger partial charge in [0.05, 0.1) is 88.4 Å². The van der Waals surface area contributed by atoms with Gasteiger partial charge >= 0.3 is 5.97 Å². The van der Waals surface area contributed by atoms with Crippen LogP contribution in [0.4, 0.5) is 0 Å². The zero-order valence-corrected chi connectivity index (χ0v) is 50.9. The summed E-state index contributed by atoms with van der Waals surface area (Å²) in [6.45, 7) is 17.6. The first-order valence-electron chi connectivity index (χ1n) is 28.6. The van der Waals surface area contributed by atoms with Gasteiger partial charge in [0.15, 0.2) is 24.0 Å². The molecule has 24 atom stereocenters. The molecule has 0 aromatic heterocycles. The fourth-order valence-electron chi connectivity index (χ4n) is 14.0. The van der Waals surface area contributed by atoms with Crippen molar-refractivity contribution >= 4 is 35.0 Å². The summed E-state index contributed by atoms with van der Waals surface area (Å²) < 4.78 is 37.1. The standard InChI is InChI=1S/C37H67NO13.C22H24N2O9/c1-14-25-37(10,45)30(41)20(4)27(39)18(2)16-35(8,44)32(51-34-28(40)24(38(11)12)15-19(3)47-34)21(5)29(22(6)33(43)49-25)50-26-17-36(9,46-13)31(42)23(7)48-26;1-21(32)7-5-4-6-8(25)9(7)15(26)10-12(21)17(28)13-14(24(2)3)16(27)11(20(23)31)19(30)22(13,33)18(10)29/h18-26,28-32,34,40-42,44-45H,14-17H2,1-13H3;4-6,12-14,17,25-26,28,30,32-33H,1-3H3,(H2,23,31)/t18-,19-,20+,21-,22-,23+,24+,25-,26+,28-,29+,30+,31+,32-,34+,35-,36-,37-;12-,13-,14+,17+,21-,22+/m11/s1. The van der Waals surface area contributed by atoms with Gasteiger partial charge in [0.25, 0.3) is 5.91 Å². The molecule has 3 heterocycles. The number of carbonyl (C=O) groups is 5. The number of likely N-dealkylation sites (N-methyl/N-ethyl adjacent to an activating group) is 2. The third kappa shape index (κ3) is 12.0. The molecular formula is C59H91N3O22. The summed E-state index contributed by atoms with van der Waals surface area (Å²) in [5.74, 6) is -14.6. The number of hydrogen-bond donors (Lipinski definition) is 12. The summed E-state index contributed by atoms with van der Waals surface area (Å²) in [5.41, 5.74) is -6.61. The maximum absolute atomic E-state index is 14.1. The van der Waals surface area contributed by atoms with Crippen molar-refractivity contribution in [3.8, 4) is 5.75 Å². The molecule has 0 spiro atoms. The molecule has 7 rings (SSSR count). The smallest absolute Gasteiger partial charge is 0.311 e. The van der Waals surface area contributed by atoms with Crippen LogP contribution in [-0.2, 0) is 58.0 Å². The molecule has 474 valence electrons. The molecule has 25 heteroatoms. The largest absolute Gasteiger partial charge is 0.508 e. The van der Waals surface area contributed by atoms with Crippen LogP contribution in [0.5, 0.6) is 5.75 Å². The number of phenolic OH excluding ortho intramolecular Hbond substituents is 1. The summed E-state index contributed by atoms with van der Waals surface area (Å²) in [7, 11) is 7.97. The molecule has 3 saturated heterocycles. The maximum atomic E-state index is 14.1. The molecule has 13 N–H and O–H groups in total. The number of cyclic esters (lactones) is 1. The molecule has 1 amide bonds. The SMILES string of the molecule is CC[C@H]1OC(=O)[C@H](C)[C@@H](O[C@H]2C[C@@](C)(OC)[C@@H](O)[C@H](C)O2)[C@@H](C)[C@@H](O[C@@H]2O[C@H](C)C[C@H](N(C)C)[C@H]2O)[C@](C)(O)C[C@@H](C)C(=O)[C@H](C)[C@H](O)[C@]1(C)O.CN(C)[C@@H]1C(=O)C(C(N)=O)=C(O)[C@@]2(O)C(=O)C3=C(O)c4c(O)cccc4[C@@](C)(O)[C@H]3[C@H](O)[C@@H]12. The van der Waals surface area contributed by atoms with E-state index < -0.39 is 189 Å². The number of rotatable bonds is 9. The number of nitrogens with zero attached hydrogens (tertiary/aromatic N) is 2. The highest BCUT2D eigenvalue weighted by Gasteiger charge is 2.70. The number of aliphatic hydroxyl groups excluding tert-OH is 6. The highest BCUT2D eigenvalue weighted by Crippen LogP contribution is 2.57. The lowest BCUT2D eigenvalue weighted by molar-refractivity contribution is -0.318. The number of aromatic hydroxyl groups is 1. The van der Waals surface area contributed by atoms with E-state index in [0.29, 0.717) is 6.42 Å². The number of nitrogens with two attached hydrogens (primary N) is 1. The Morgan fingerprint density at radius 3 is 1.96 bits per heavy atom. The van der Waals surface area contributed by atoms with E-state index in [-0.39, 0.29) is 42.5 Å². The Balaban J connectivity index is 0.000000294. The van der Waals surface area contributed by atoms with Crippen LogP contribution >= 0.6 is 0 Å². The van der Waals surface area contributed by atoms with E-state index >= 15 is 0 Å². The molecule has 4 fully saturated rings. The quantitative estimate of drug-likeness (QED) is 0.117. The number of methoxy groups -OCH3 is 1. The van der Waals surface area contributed by atoms with Gasteiger partial charge in [0.2, 0.25) is 5.78 Å². The number of esters is 1. The second-order valence-corrected chi connectivity index (χ2v) is 25.5. The number of phenols is 1. The highest BCUT2D eigenvalue weighted by molar-refractivity contribution is 6.24. The van der Waals surface area contributed by atoms with Gasteiger partial charge in [0.1, 0.15) is 52.5 Å². The van der Waals surface area contributed by atoms with Crippen molar-refractivity contribution < 1.29 is 109 Å². The third-order valence-corrected chi connectivity index (χ3v) is 18.9. The minimum atomic E-state index is -3.02. The number of amides is 1. The lowest BCUT2D eigenvalue weighted by atomic mass is 9.53. The molecule has 0 radical (unpaired) electrons. The van der Waals surface area contributed by atoms with Gasteiger partial charge in [-0.3, -0.25) is 28.9 Å². The van der Waals surface area contributed by atoms with E-state index in [4.69, 9.17) is 34.2 Å². The van der Waals surface area contributed by atoms with Crippen LogP contribution in [0.1, 0.15) is 113 Å². The van der Waals surface area contributed by atoms with Crippen molar-refractivity contribution in [3.63, 3.8) is 0 Å². The lowest BCUT2D eigenvalue weighted by Gasteiger charge is -2.55. The van der Waals surface area contributed by atoms with E-state index in [9.17, 15) is 80.1 Å². The Morgan fingerprint density at radius 2 is 1.42 bits per heavy atom. The molecule has 84 heavy (non-hydrogen) atoms. The van der Waals surface area contributed by atoms with Gasteiger partial charge in [-0.05, 0) is 108 Å². The predicted molar refractivity (Wildman–Crippen MR) is 298 cm³/mol. The number of fused-ring (bicyclic) bond motifs is 3. The number of primary amides is 1. The Morgan fingerprint density at radius 1 is 0.810 bits per heavy atom. The van der Waals surface area contributed by atoms with Gasteiger partial charge in [-0.25, -0.2) is 0 Å². The zero-order valence-electron chi connectivity index (χ0n) is 50.9. The molecule has 25 nitrogen and oxygen atoms in total. The van der Waals surface area contributed by atoms with Crippen LogP contribution in [0.2, 0.25) is 0 Å². The minimum absolute atomic E-state index is 0.00664. The van der Waals surface area contributed by atoms with E-state index in [2.05, 4.69) is 0 Å². The number of ketones is 3. The zero-order chi connectivity index (χ0) is 63.7.